The monoisotopic (exact) mass is 362 g/mol. The van der Waals surface area contributed by atoms with Crippen LogP contribution in [-0.2, 0) is 15.9 Å². The van der Waals surface area contributed by atoms with Gasteiger partial charge in [0.2, 0.25) is 0 Å². The normalized spacial score (nSPS) is 10.6. The van der Waals surface area contributed by atoms with Crippen LogP contribution in [0.1, 0.15) is 11.3 Å². The number of rotatable bonds is 7. The van der Waals surface area contributed by atoms with Crippen molar-refractivity contribution in [2.75, 3.05) is 5.32 Å². The van der Waals surface area contributed by atoms with Crippen molar-refractivity contribution in [3.8, 4) is 0 Å². The highest BCUT2D eigenvalue weighted by atomic mass is 35.5. The lowest BCUT2D eigenvalue weighted by atomic mass is 10.2. The van der Waals surface area contributed by atoms with Gasteiger partial charge in [-0.3, -0.25) is 0 Å². The van der Waals surface area contributed by atoms with Gasteiger partial charge in [-0.2, -0.15) is 5.90 Å². The molecule has 2 rings (SSSR count). The second kappa shape index (κ2) is 8.04. The van der Waals surface area contributed by atoms with E-state index >= 15 is 0 Å². The van der Waals surface area contributed by atoms with Gasteiger partial charge < -0.3 is 9.73 Å². The fraction of sp³-hybridized carbons (Fsp3) is 0.0833. The highest BCUT2D eigenvalue weighted by molar-refractivity contribution is 8.11. The lowest BCUT2D eigenvalue weighted by molar-refractivity contribution is -0.195. The summed E-state index contributed by atoms with van der Waals surface area (Å²) in [5, 5.41) is 3.67. The number of furan rings is 1. The Hall–Kier alpha value is -0.740. The summed E-state index contributed by atoms with van der Waals surface area (Å²) in [6.07, 6.45) is 1.61. The molecular formula is C12H11ClN2O3S3. The van der Waals surface area contributed by atoms with Crippen LogP contribution in [0.15, 0.2) is 39.8 Å². The predicted octanol–water partition coefficient (Wildman–Crippen LogP) is 3.98. The lowest BCUT2D eigenvalue weighted by Gasteiger charge is -2.13. The average molecular weight is 363 g/mol. The van der Waals surface area contributed by atoms with Crippen LogP contribution in [-0.4, -0.2) is 4.20 Å². The average Bonchev–Trinajstić information content (AvgIpc) is 2.97. The number of hydrogen-bond donors (Lipinski definition) is 3. The second-order valence-electron chi connectivity index (χ2n) is 3.81. The molecule has 0 saturated heterocycles. The van der Waals surface area contributed by atoms with Crippen molar-refractivity contribution in [2.45, 2.75) is 11.4 Å². The lowest BCUT2D eigenvalue weighted by Crippen LogP contribution is -2.04. The Kier molecular flexibility index (Phi) is 6.37. The molecule has 1 aromatic heterocycles. The standard InChI is InChI=1S/C12H11ClN2O3S3/c13-9-5-10(15-6-7-2-1-3-16-7)8(12(19)20)4-11(9)21-18-17-14/h1-5,15H,6,14H2,(H,19,20). The van der Waals surface area contributed by atoms with E-state index in [1.807, 2.05) is 12.1 Å². The molecule has 0 radical (unpaired) electrons. The quantitative estimate of drug-likeness (QED) is 0.226. The first-order valence-electron chi connectivity index (χ1n) is 5.65. The molecule has 0 aliphatic carbocycles. The third-order valence-electron chi connectivity index (χ3n) is 2.50. The Balaban J connectivity index is 2.22. The van der Waals surface area contributed by atoms with E-state index in [4.69, 9.17) is 34.1 Å². The third kappa shape index (κ3) is 4.62. The Morgan fingerprint density at radius 1 is 1.52 bits per heavy atom. The highest BCUT2D eigenvalue weighted by Gasteiger charge is 2.12. The van der Waals surface area contributed by atoms with Crippen LogP contribution in [0.4, 0.5) is 5.69 Å². The van der Waals surface area contributed by atoms with E-state index in [0.717, 1.165) is 23.5 Å². The molecule has 3 N–H and O–H groups in total. The molecule has 0 bridgehead atoms. The van der Waals surface area contributed by atoms with Gasteiger partial charge >= 0.3 is 0 Å². The van der Waals surface area contributed by atoms with Crippen LogP contribution < -0.4 is 11.2 Å². The van der Waals surface area contributed by atoms with Gasteiger partial charge in [-0.05, 0) is 24.3 Å². The molecule has 1 aromatic carbocycles. The van der Waals surface area contributed by atoms with E-state index in [0.29, 0.717) is 26.2 Å². The minimum atomic E-state index is 0.420. The molecule has 5 nitrogen and oxygen atoms in total. The number of thiol groups is 1. The minimum Gasteiger partial charge on any atom is -0.467 e. The van der Waals surface area contributed by atoms with Gasteiger partial charge in [0.25, 0.3) is 0 Å². The number of benzene rings is 1. The van der Waals surface area contributed by atoms with Crippen LogP contribution in [0.25, 0.3) is 0 Å². The smallest absolute Gasteiger partial charge is 0.122 e. The minimum absolute atomic E-state index is 0.420. The molecule has 0 fully saturated rings. The number of nitrogens with one attached hydrogen (secondary N) is 1. The zero-order chi connectivity index (χ0) is 15.2. The van der Waals surface area contributed by atoms with Crippen molar-refractivity contribution in [1.29, 1.82) is 0 Å². The first-order chi connectivity index (χ1) is 10.1. The van der Waals surface area contributed by atoms with E-state index in [-0.39, 0.29) is 0 Å². The van der Waals surface area contributed by atoms with Crippen molar-refractivity contribution < 1.29 is 13.7 Å². The van der Waals surface area contributed by atoms with Crippen LogP contribution >= 0.6 is 48.5 Å². The summed E-state index contributed by atoms with van der Waals surface area (Å²) in [6.45, 7) is 0.502. The SMILES string of the molecule is NOOSc1cc(C(=S)S)c(NCc2ccco2)cc1Cl. The first-order valence-corrected chi connectivity index (χ1v) is 7.62. The van der Waals surface area contributed by atoms with E-state index in [2.05, 4.69) is 27.3 Å². The van der Waals surface area contributed by atoms with Gasteiger partial charge in [0.05, 0.1) is 39.0 Å². The fourth-order valence-corrected chi connectivity index (χ4v) is 2.62. The molecule has 2 aromatic rings. The van der Waals surface area contributed by atoms with Crippen molar-refractivity contribution >= 4 is 58.4 Å². The maximum absolute atomic E-state index is 6.17. The van der Waals surface area contributed by atoms with Gasteiger partial charge in [-0.15, -0.1) is 22.0 Å². The van der Waals surface area contributed by atoms with Crippen LogP contribution in [0.2, 0.25) is 5.02 Å². The Labute approximate surface area is 141 Å². The Morgan fingerprint density at radius 3 is 2.95 bits per heavy atom. The second-order valence-corrected chi connectivity index (χ2v) is 6.12. The van der Waals surface area contributed by atoms with E-state index < -0.39 is 0 Å². The summed E-state index contributed by atoms with van der Waals surface area (Å²) in [6, 6.07) is 7.15. The van der Waals surface area contributed by atoms with Crippen molar-refractivity contribution in [3.63, 3.8) is 0 Å². The summed E-state index contributed by atoms with van der Waals surface area (Å²) in [4.78, 5) is 4.66. The van der Waals surface area contributed by atoms with Gasteiger partial charge in [-0.1, -0.05) is 23.8 Å². The number of hydrogen-bond acceptors (Lipinski definition) is 7. The molecular weight excluding hydrogens is 352 g/mol. The topological polar surface area (TPSA) is 69.7 Å². The molecule has 0 aliphatic rings. The Bertz CT molecular complexity index is 622. The zero-order valence-corrected chi connectivity index (χ0v) is 13.8. The van der Waals surface area contributed by atoms with Crippen LogP contribution in [0.5, 0.6) is 0 Å². The van der Waals surface area contributed by atoms with Crippen LogP contribution in [0, 0.1) is 0 Å². The summed E-state index contributed by atoms with van der Waals surface area (Å²) in [7, 11) is 0. The maximum atomic E-state index is 6.17. The summed E-state index contributed by atoms with van der Waals surface area (Å²) < 4.78 is 10.3. The molecule has 0 aliphatic heterocycles. The number of halogens is 1. The molecule has 0 saturated carbocycles. The molecule has 112 valence electrons. The predicted molar refractivity (Wildman–Crippen MR) is 90.4 cm³/mol. The zero-order valence-electron chi connectivity index (χ0n) is 10.5. The van der Waals surface area contributed by atoms with Gasteiger partial charge in [0.1, 0.15) is 5.76 Å². The molecule has 1 heterocycles. The molecule has 9 heteroatoms. The third-order valence-corrected chi connectivity index (χ3v) is 4.05. The number of anilines is 1. The van der Waals surface area contributed by atoms with Crippen molar-refractivity contribution in [2.24, 2.45) is 5.90 Å². The largest absolute Gasteiger partial charge is 0.467 e. The summed E-state index contributed by atoms with van der Waals surface area (Å²) in [5.74, 6) is 5.60. The van der Waals surface area contributed by atoms with E-state index in [9.17, 15) is 0 Å². The van der Waals surface area contributed by atoms with Crippen molar-refractivity contribution in [1.82, 2.24) is 0 Å². The van der Waals surface area contributed by atoms with E-state index in [1.54, 1.807) is 18.4 Å². The molecule has 0 spiro atoms. The summed E-state index contributed by atoms with van der Waals surface area (Å²) in [5.41, 5.74) is 1.46. The fourth-order valence-electron chi connectivity index (χ4n) is 1.59. The molecule has 0 atom stereocenters. The first kappa shape index (κ1) is 16.6. The van der Waals surface area contributed by atoms with E-state index in [1.165, 1.54) is 0 Å². The number of thiocarbonyl (C=S) groups is 1. The summed E-state index contributed by atoms with van der Waals surface area (Å²) >= 11 is 16.4. The number of nitrogens with two attached hydrogens (primary N) is 1. The molecule has 21 heavy (non-hydrogen) atoms. The molecule has 0 unspecified atom stereocenters. The molecule has 0 amide bonds. The van der Waals surface area contributed by atoms with Gasteiger partial charge in [0.15, 0.2) is 0 Å². The van der Waals surface area contributed by atoms with Crippen molar-refractivity contribution in [3.05, 3.63) is 46.9 Å². The van der Waals surface area contributed by atoms with Gasteiger partial charge in [0, 0.05) is 11.3 Å². The van der Waals surface area contributed by atoms with Gasteiger partial charge in [-0.25, -0.2) is 0 Å². The Morgan fingerprint density at radius 2 is 2.33 bits per heavy atom. The maximum Gasteiger partial charge on any atom is 0.122 e. The van der Waals surface area contributed by atoms with Crippen LogP contribution in [0.3, 0.4) is 0 Å². The highest BCUT2D eigenvalue weighted by Crippen LogP contribution is 2.34.